The van der Waals surface area contributed by atoms with E-state index < -0.39 is 0 Å². The Morgan fingerprint density at radius 1 is 1.00 bits per heavy atom. The molecule has 0 spiro atoms. The average Bonchev–Trinajstić information content (AvgIpc) is 2.46. The third-order valence-electron chi connectivity index (χ3n) is 3.58. The van der Waals surface area contributed by atoms with Crippen molar-refractivity contribution in [3.63, 3.8) is 0 Å². The zero-order valence-electron chi connectivity index (χ0n) is 11.5. The quantitative estimate of drug-likeness (QED) is 0.649. The van der Waals surface area contributed by atoms with Crippen LogP contribution < -0.4 is 0 Å². The second kappa shape index (κ2) is 4.79. The first-order valence-corrected chi connectivity index (χ1v) is 6.55. The molecule has 2 heteroatoms. The van der Waals surface area contributed by atoms with Crippen molar-refractivity contribution in [1.29, 1.82) is 5.26 Å². The van der Waals surface area contributed by atoms with Crippen LogP contribution in [-0.4, -0.2) is 4.98 Å². The van der Waals surface area contributed by atoms with E-state index in [1.165, 1.54) is 22.3 Å². The molecule has 0 unspecified atom stereocenters. The Hall–Kier alpha value is -2.66. The Bertz CT molecular complexity index is 821. The summed E-state index contributed by atoms with van der Waals surface area (Å²) in [6.45, 7) is 4.25. The van der Waals surface area contributed by atoms with Gasteiger partial charge in [-0.05, 0) is 48.2 Å². The Labute approximate surface area is 118 Å². The Morgan fingerprint density at radius 3 is 2.45 bits per heavy atom. The highest BCUT2D eigenvalue weighted by Crippen LogP contribution is 2.29. The number of rotatable bonds is 1. The van der Waals surface area contributed by atoms with Crippen LogP contribution in [0, 0.1) is 25.2 Å². The van der Waals surface area contributed by atoms with Gasteiger partial charge in [-0.1, -0.05) is 30.3 Å². The summed E-state index contributed by atoms with van der Waals surface area (Å²) in [6, 6.07) is 16.5. The number of hydrogen-bond donors (Lipinski definition) is 0. The first-order chi connectivity index (χ1) is 9.69. The van der Waals surface area contributed by atoms with E-state index in [4.69, 9.17) is 5.26 Å². The molecule has 1 heterocycles. The number of nitriles is 1. The molecule has 2 aromatic carbocycles. The van der Waals surface area contributed by atoms with Gasteiger partial charge in [0.25, 0.3) is 0 Å². The summed E-state index contributed by atoms with van der Waals surface area (Å²) in [5, 5.41) is 9.91. The molecule has 3 aromatic rings. The maximum Gasteiger partial charge on any atom is 0.101 e. The van der Waals surface area contributed by atoms with Gasteiger partial charge in [-0.2, -0.15) is 5.26 Å². The number of benzene rings is 2. The number of aryl methyl sites for hydroxylation is 2. The molecule has 0 aliphatic carbocycles. The molecule has 0 atom stereocenters. The molecule has 2 nitrogen and oxygen atoms in total. The van der Waals surface area contributed by atoms with Crippen LogP contribution in [0.5, 0.6) is 0 Å². The highest BCUT2D eigenvalue weighted by molar-refractivity contribution is 5.86. The van der Waals surface area contributed by atoms with E-state index in [1.807, 2.05) is 12.1 Å². The summed E-state index contributed by atoms with van der Waals surface area (Å²) in [7, 11) is 0. The summed E-state index contributed by atoms with van der Waals surface area (Å²) in [5.41, 5.74) is 6.48. The molecule has 0 bridgehead atoms. The summed E-state index contributed by atoms with van der Waals surface area (Å²) in [4.78, 5) is 4.37. The van der Waals surface area contributed by atoms with Crippen LogP contribution in [0.3, 0.4) is 0 Å². The van der Waals surface area contributed by atoms with Crippen LogP contribution in [0.1, 0.15) is 16.7 Å². The van der Waals surface area contributed by atoms with E-state index in [0.29, 0.717) is 5.56 Å². The first kappa shape index (κ1) is 12.4. The molecule has 3 rings (SSSR count). The number of pyridine rings is 1. The van der Waals surface area contributed by atoms with Gasteiger partial charge in [0.2, 0.25) is 0 Å². The van der Waals surface area contributed by atoms with Gasteiger partial charge in [0.1, 0.15) is 6.07 Å². The maximum atomic E-state index is 8.91. The third-order valence-corrected chi connectivity index (χ3v) is 3.58. The predicted molar refractivity (Wildman–Crippen MR) is 81.4 cm³/mol. The van der Waals surface area contributed by atoms with E-state index in [0.717, 1.165) is 10.9 Å². The number of hydrogen-bond acceptors (Lipinski definition) is 2. The third kappa shape index (κ3) is 2.04. The van der Waals surface area contributed by atoms with Crippen molar-refractivity contribution in [2.75, 3.05) is 0 Å². The Morgan fingerprint density at radius 2 is 1.75 bits per heavy atom. The molecule has 0 saturated carbocycles. The molecular formula is C18H14N2. The molecule has 0 N–H and O–H groups in total. The van der Waals surface area contributed by atoms with E-state index >= 15 is 0 Å². The summed E-state index contributed by atoms with van der Waals surface area (Å²) in [6.07, 6.45) is 1.62. The number of nitrogens with zero attached hydrogens (tertiary/aromatic N) is 2. The normalized spacial score (nSPS) is 10.4. The van der Waals surface area contributed by atoms with Crippen molar-refractivity contribution in [2.24, 2.45) is 0 Å². The van der Waals surface area contributed by atoms with E-state index in [-0.39, 0.29) is 0 Å². The van der Waals surface area contributed by atoms with E-state index in [9.17, 15) is 0 Å². The van der Waals surface area contributed by atoms with Crippen molar-refractivity contribution in [1.82, 2.24) is 4.98 Å². The molecule has 0 fully saturated rings. The standard InChI is InChI=1S/C18H14N2/c1-12-4-3-5-13(2)18(12)16-7-6-15-8-14(10-19)11-20-17(15)9-16/h3-9,11H,1-2H3. The van der Waals surface area contributed by atoms with Crippen molar-refractivity contribution >= 4 is 10.9 Å². The zero-order chi connectivity index (χ0) is 14.1. The first-order valence-electron chi connectivity index (χ1n) is 6.55. The fraction of sp³-hybridized carbons (Fsp3) is 0.111. The van der Waals surface area contributed by atoms with E-state index in [2.05, 4.69) is 55.2 Å². The predicted octanol–water partition coefficient (Wildman–Crippen LogP) is 4.39. The molecule has 0 radical (unpaired) electrons. The lowest BCUT2D eigenvalue weighted by Crippen LogP contribution is -1.89. The van der Waals surface area contributed by atoms with Crippen LogP contribution in [0.25, 0.3) is 22.0 Å². The van der Waals surface area contributed by atoms with Crippen LogP contribution in [0.15, 0.2) is 48.7 Å². The Balaban J connectivity index is 2.22. The lowest BCUT2D eigenvalue weighted by molar-refractivity contribution is 1.36. The van der Waals surface area contributed by atoms with Gasteiger partial charge in [-0.15, -0.1) is 0 Å². The van der Waals surface area contributed by atoms with Crippen LogP contribution >= 0.6 is 0 Å². The number of aromatic nitrogens is 1. The maximum absolute atomic E-state index is 8.91. The monoisotopic (exact) mass is 258 g/mol. The SMILES string of the molecule is Cc1cccc(C)c1-c1ccc2cc(C#N)cnc2c1. The van der Waals surface area contributed by atoms with E-state index in [1.54, 1.807) is 6.20 Å². The Kier molecular flexibility index (Phi) is 2.96. The van der Waals surface area contributed by atoms with Gasteiger partial charge >= 0.3 is 0 Å². The smallest absolute Gasteiger partial charge is 0.101 e. The summed E-state index contributed by atoms with van der Waals surface area (Å²) >= 11 is 0. The minimum absolute atomic E-state index is 0.595. The van der Waals surface area contributed by atoms with Crippen LogP contribution in [-0.2, 0) is 0 Å². The average molecular weight is 258 g/mol. The highest BCUT2D eigenvalue weighted by Gasteiger charge is 2.06. The fourth-order valence-electron chi connectivity index (χ4n) is 2.61. The molecule has 0 amide bonds. The van der Waals surface area contributed by atoms with Gasteiger partial charge in [0, 0.05) is 11.6 Å². The minimum atomic E-state index is 0.595. The van der Waals surface area contributed by atoms with Crippen molar-refractivity contribution in [3.8, 4) is 17.2 Å². The molecular weight excluding hydrogens is 244 g/mol. The van der Waals surface area contributed by atoms with Crippen LogP contribution in [0.2, 0.25) is 0 Å². The molecule has 0 saturated heterocycles. The van der Waals surface area contributed by atoms with Gasteiger partial charge in [0.15, 0.2) is 0 Å². The van der Waals surface area contributed by atoms with Gasteiger partial charge in [0.05, 0.1) is 11.1 Å². The molecule has 0 aliphatic rings. The summed E-state index contributed by atoms with van der Waals surface area (Å²) < 4.78 is 0. The highest BCUT2D eigenvalue weighted by atomic mass is 14.6. The van der Waals surface area contributed by atoms with Gasteiger partial charge < -0.3 is 0 Å². The van der Waals surface area contributed by atoms with Gasteiger partial charge in [-0.3, -0.25) is 4.98 Å². The minimum Gasteiger partial charge on any atom is -0.255 e. The fourth-order valence-corrected chi connectivity index (χ4v) is 2.61. The number of fused-ring (bicyclic) bond motifs is 1. The second-order valence-corrected chi connectivity index (χ2v) is 5.01. The molecule has 1 aromatic heterocycles. The molecule has 20 heavy (non-hydrogen) atoms. The van der Waals surface area contributed by atoms with Gasteiger partial charge in [-0.25, -0.2) is 0 Å². The topological polar surface area (TPSA) is 36.7 Å². The summed E-state index contributed by atoms with van der Waals surface area (Å²) in [5.74, 6) is 0. The molecule has 0 aliphatic heterocycles. The van der Waals surface area contributed by atoms with Crippen molar-refractivity contribution in [3.05, 3.63) is 65.4 Å². The second-order valence-electron chi connectivity index (χ2n) is 5.01. The largest absolute Gasteiger partial charge is 0.255 e. The lowest BCUT2D eigenvalue weighted by atomic mass is 9.95. The lowest BCUT2D eigenvalue weighted by Gasteiger charge is -2.10. The van der Waals surface area contributed by atoms with Crippen LogP contribution in [0.4, 0.5) is 0 Å². The zero-order valence-corrected chi connectivity index (χ0v) is 11.5. The van der Waals surface area contributed by atoms with Crippen molar-refractivity contribution < 1.29 is 0 Å². The van der Waals surface area contributed by atoms with Crippen molar-refractivity contribution in [2.45, 2.75) is 13.8 Å². The molecule has 96 valence electrons.